The van der Waals surface area contributed by atoms with Crippen molar-refractivity contribution >= 4 is 22.9 Å². The van der Waals surface area contributed by atoms with Crippen LogP contribution in [-0.4, -0.2) is 64.5 Å². The molecule has 3 aromatic rings. The van der Waals surface area contributed by atoms with Gasteiger partial charge in [-0.25, -0.2) is 9.67 Å². The van der Waals surface area contributed by atoms with Crippen molar-refractivity contribution in [2.75, 3.05) is 32.9 Å². The molecule has 1 unspecified atom stereocenters. The first kappa shape index (κ1) is 23.1. The predicted octanol–water partition coefficient (Wildman–Crippen LogP) is 3.87. The van der Waals surface area contributed by atoms with Crippen molar-refractivity contribution in [3.05, 3.63) is 36.0 Å². The van der Waals surface area contributed by atoms with Crippen molar-refractivity contribution in [3.8, 4) is 22.8 Å². The Morgan fingerprint density at radius 1 is 1.17 bits per heavy atom. The van der Waals surface area contributed by atoms with Gasteiger partial charge in [-0.1, -0.05) is 0 Å². The molecule has 1 fully saturated rings. The van der Waals surface area contributed by atoms with E-state index in [-0.39, 0.29) is 23.8 Å². The third-order valence-electron chi connectivity index (χ3n) is 6.45. The van der Waals surface area contributed by atoms with E-state index >= 15 is 0 Å². The Hall–Kier alpha value is -3.62. The lowest BCUT2D eigenvalue weighted by Crippen LogP contribution is -2.42. The minimum atomic E-state index is -0.305. The molecule has 1 amide bonds. The highest BCUT2D eigenvalue weighted by molar-refractivity contribution is 6.06. The van der Waals surface area contributed by atoms with Gasteiger partial charge in [0, 0.05) is 24.7 Å². The molecule has 0 N–H and O–H groups in total. The summed E-state index contributed by atoms with van der Waals surface area (Å²) in [6.45, 7) is 8.14. The lowest BCUT2D eigenvalue weighted by Gasteiger charge is -2.31. The Balaban J connectivity index is 1.56. The van der Waals surface area contributed by atoms with Gasteiger partial charge in [-0.2, -0.15) is 5.10 Å². The third-order valence-corrected chi connectivity index (χ3v) is 6.45. The number of nitrogens with zero attached hydrogens (tertiary/aromatic N) is 4. The number of rotatable bonds is 5. The number of aromatic nitrogens is 3. The number of pyridine rings is 1. The van der Waals surface area contributed by atoms with E-state index in [4.69, 9.17) is 19.2 Å². The topological polar surface area (TPSA) is 95.8 Å². The molecule has 1 aromatic carbocycles. The predicted molar refractivity (Wildman–Crippen MR) is 130 cm³/mol. The lowest BCUT2D eigenvalue weighted by atomic mass is 9.97. The summed E-state index contributed by atoms with van der Waals surface area (Å²) in [6.07, 6.45) is 3.18. The van der Waals surface area contributed by atoms with Gasteiger partial charge in [0.1, 0.15) is 13.2 Å². The Bertz CT molecular complexity index is 1270. The molecule has 0 aliphatic carbocycles. The van der Waals surface area contributed by atoms with Crippen LogP contribution < -0.4 is 9.47 Å². The standard InChI is InChI=1S/C26H30N4O5/c1-4-33-26(32)18-6-5-9-29(15-18)25(31)19-13-21(28-24-20(19)14-27-30(24)16(2)3)17-7-8-22-23(12-17)35-11-10-34-22/h7-8,12-14,16,18H,4-6,9-11,15H2,1-3H3. The highest BCUT2D eigenvalue weighted by atomic mass is 16.6. The number of piperidine rings is 1. The van der Waals surface area contributed by atoms with E-state index in [9.17, 15) is 9.59 Å². The minimum absolute atomic E-state index is 0.0710. The maximum Gasteiger partial charge on any atom is 0.310 e. The first-order valence-corrected chi connectivity index (χ1v) is 12.2. The van der Waals surface area contributed by atoms with Crippen LogP contribution in [0, 0.1) is 5.92 Å². The number of carbonyl (C=O) groups excluding carboxylic acids is 2. The zero-order valence-corrected chi connectivity index (χ0v) is 20.3. The maximum absolute atomic E-state index is 13.8. The molecule has 1 atom stereocenters. The Morgan fingerprint density at radius 2 is 1.97 bits per heavy atom. The number of esters is 1. The van der Waals surface area contributed by atoms with Crippen LogP contribution in [0.3, 0.4) is 0 Å². The summed E-state index contributed by atoms with van der Waals surface area (Å²) in [5.74, 6) is 0.681. The van der Waals surface area contributed by atoms with Crippen LogP contribution in [0.5, 0.6) is 11.5 Å². The fourth-order valence-electron chi connectivity index (χ4n) is 4.71. The van der Waals surface area contributed by atoms with Gasteiger partial charge in [0.25, 0.3) is 5.91 Å². The summed E-state index contributed by atoms with van der Waals surface area (Å²) in [7, 11) is 0. The smallest absolute Gasteiger partial charge is 0.310 e. The van der Waals surface area contributed by atoms with Gasteiger partial charge >= 0.3 is 5.97 Å². The van der Waals surface area contributed by atoms with E-state index in [1.807, 2.05) is 42.8 Å². The van der Waals surface area contributed by atoms with Crippen LogP contribution >= 0.6 is 0 Å². The van der Waals surface area contributed by atoms with Gasteiger partial charge in [0.05, 0.1) is 35.4 Å². The highest BCUT2D eigenvalue weighted by Gasteiger charge is 2.31. The van der Waals surface area contributed by atoms with Crippen molar-refractivity contribution in [3.63, 3.8) is 0 Å². The quantitative estimate of drug-likeness (QED) is 0.514. The van der Waals surface area contributed by atoms with Gasteiger partial charge in [-0.05, 0) is 57.9 Å². The second-order valence-electron chi connectivity index (χ2n) is 9.18. The molecule has 0 saturated carbocycles. The molecule has 1 saturated heterocycles. The van der Waals surface area contributed by atoms with Crippen LogP contribution in [0.25, 0.3) is 22.3 Å². The van der Waals surface area contributed by atoms with Crippen molar-refractivity contribution < 1.29 is 23.8 Å². The zero-order valence-electron chi connectivity index (χ0n) is 20.3. The average molecular weight is 479 g/mol. The monoisotopic (exact) mass is 478 g/mol. The number of benzene rings is 1. The van der Waals surface area contributed by atoms with E-state index in [1.165, 1.54) is 0 Å². The molecule has 2 aromatic heterocycles. The highest BCUT2D eigenvalue weighted by Crippen LogP contribution is 2.35. The molecular weight excluding hydrogens is 448 g/mol. The van der Waals surface area contributed by atoms with E-state index in [1.54, 1.807) is 18.0 Å². The first-order valence-electron chi connectivity index (χ1n) is 12.2. The van der Waals surface area contributed by atoms with Crippen molar-refractivity contribution in [2.45, 2.75) is 39.7 Å². The number of likely N-dealkylation sites (tertiary alicyclic amines) is 1. The average Bonchev–Trinajstić information content (AvgIpc) is 3.32. The third kappa shape index (κ3) is 4.42. The molecule has 2 aliphatic rings. The molecule has 0 radical (unpaired) electrons. The maximum atomic E-state index is 13.8. The lowest BCUT2D eigenvalue weighted by molar-refractivity contribution is -0.149. The second kappa shape index (κ2) is 9.56. The van der Waals surface area contributed by atoms with Crippen LogP contribution in [-0.2, 0) is 9.53 Å². The van der Waals surface area contributed by atoms with Crippen molar-refractivity contribution in [1.29, 1.82) is 0 Å². The van der Waals surface area contributed by atoms with E-state index in [0.717, 1.165) is 18.4 Å². The molecule has 9 nitrogen and oxygen atoms in total. The molecule has 5 rings (SSSR count). The largest absolute Gasteiger partial charge is 0.486 e. The summed E-state index contributed by atoms with van der Waals surface area (Å²) >= 11 is 0. The molecular formula is C26H30N4O5. The van der Waals surface area contributed by atoms with E-state index in [0.29, 0.717) is 66.7 Å². The van der Waals surface area contributed by atoms with Gasteiger partial charge in [0.15, 0.2) is 17.1 Å². The number of fused-ring (bicyclic) bond motifs is 2. The van der Waals surface area contributed by atoms with Gasteiger partial charge in [-0.3, -0.25) is 9.59 Å². The summed E-state index contributed by atoms with van der Waals surface area (Å²) in [5, 5.41) is 5.22. The summed E-state index contributed by atoms with van der Waals surface area (Å²) in [6, 6.07) is 7.57. The molecule has 9 heteroatoms. The van der Waals surface area contributed by atoms with Crippen LogP contribution in [0.15, 0.2) is 30.5 Å². The number of hydrogen-bond acceptors (Lipinski definition) is 7. The molecule has 2 aliphatic heterocycles. The SMILES string of the molecule is CCOC(=O)C1CCCN(C(=O)c2cc(-c3ccc4c(c3)OCCO4)nc3c2cnn3C(C)C)C1. The Kier molecular flexibility index (Phi) is 6.32. The van der Waals surface area contributed by atoms with Crippen molar-refractivity contribution in [1.82, 2.24) is 19.7 Å². The Morgan fingerprint density at radius 3 is 2.74 bits per heavy atom. The van der Waals surface area contributed by atoms with Crippen LogP contribution in [0.2, 0.25) is 0 Å². The second-order valence-corrected chi connectivity index (χ2v) is 9.18. The molecule has 4 heterocycles. The fraction of sp³-hybridized carbons (Fsp3) is 0.462. The summed E-state index contributed by atoms with van der Waals surface area (Å²) in [4.78, 5) is 32.8. The number of carbonyl (C=O) groups is 2. The summed E-state index contributed by atoms with van der Waals surface area (Å²) in [5.41, 5.74) is 2.65. The molecule has 35 heavy (non-hydrogen) atoms. The molecule has 184 valence electrons. The van der Waals surface area contributed by atoms with Crippen LogP contribution in [0.1, 0.15) is 50.0 Å². The van der Waals surface area contributed by atoms with Crippen LogP contribution in [0.4, 0.5) is 0 Å². The van der Waals surface area contributed by atoms with Gasteiger partial charge < -0.3 is 19.1 Å². The normalized spacial score (nSPS) is 17.6. The fourth-order valence-corrected chi connectivity index (χ4v) is 4.71. The zero-order chi connectivity index (χ0) is 24.5. The van der Waals surface area contributed by atoms with Gasteiger partial charge in [-0.15, -0.1) is 0 Å². The number of hydrogen-bond donors (Lipinski definition) is 0. The van der Waals surface area contributed by atoms with E-state index in [2.05, 4.69) is 5.10 Å². The molecule has 0 bridgehead atoms. The van der Waals surface area contributed by atoms with Gasteiger partial charge in [0.2, 0.25) is 0 Å². The Labute approximate surface area is 204 Å². The molecule has 0 spiro atoms. The van der Waals surface area contributed by atoms with E-state index < -0.39 is 0 Å². The first-order chi connectivity index (χ1) is 17.0. The number of ether oxygens (including phenoxy) is 3. The summed E-state index contributed by atoms with van der Waals surface area (Å²) < 4.78 is 18.5. The van der Waals surface area contributed by atoms with Crippen molar-refractivity contribution in [2.24, 2.45) is 5.92 Å². The number of amides is 1. The minimum Gasteiger partial charge on any atom is -0.486 e.